The van der Waals surface area contributed by atoms with E-state index < -0.39 is 5.97 Å². The summed E-state index contributed by atoms with van der Waals surface area (Å²) in [6, 6.07) is 6.80. The zero-order chi connectivity index (χ0) is 16.9. The number of piperidine rings is 1. The van der Waals surface area contributed by atoms with Crippen LogP contribution in [-0.4, -0.2) is 48.1 Å². The van der Waals surface area contributed by atoms with Crippen molar-refractivity contribution in [1.82, 2.24) is 10.2 Å². The number of carbonyl (C=O) groups is 2. The molecule has 1 amide bonds. The summed E-state index contributed by atoms with van der Waals surface area (Å²) in [5, 5.41) is 11.7. The number of carboxylic acid groups (broad SMARTS) is 1. The molecule has 126 valence electrons. The summed E-state index contributed by atoms with van der Waals surface area (Å²) >= 11 is 0. The van der Waals surface area contributed by atoms with E-state index in [2.05, 4.69) is 24.1 Å². The first-order valence-electron chi connectivity index (χ1n) is 8.17. The molecule has 2 N–H and O–H groups in total. The lowest BCUT2D eigenvalue weighted by molar-refractivity contribution is -0.136. The highest BCUT2D eigenvalue weighted by atomic mass is 16.4. The Morgan fingerprint density at radius 2 is 2.13 bits per heavy atom. The molecule has 1 saturated heterocycles. The van der Waals surface area contributed by atoms with E-state index in [-0.39, 0.29) is 12.3 Å². The Balaban J connectivity index is 1.82. The Morgan fingerprint density at radius 1 is 1.35 bits per heavy atom. The standard InChI is InChI=1S/C18H26N2O3/c1-18(2)7-4-9-20(13-18)10-8-19-17(23)15-6-3-5-14(11-15)12-16(21)22/h3,5-6,11H,4,7-10,12-13H2,1-2H3,(H,19,23)(H,21,22). The molecule has 23 heavy (non-hydrogen) atoms. The molecule has 0 aromatic heterocycles. The first-order chi connectivity index (χ1) is 10.9. The summed E-state index contributed by atoms with van der Waals surface area (Å²) < 4.78 is 0. The van der Waals surface area contributed by atoms with E-state index >= 15 is 0 Å². The summed E-state index contributed by atoms with van der Waals surface area (Å²) in [5.41, 5.74) is 1.51. The van der Waals surface area contributed by atoms with Gasteiger partial charge in [-0.3, -0.25) is 9.59 Å². The summed E-state index contributed by atoms with van der Waals surface area (Å²) in [6.45, 7) is 8.18. The molecule has 0 bridgehead atoms. The predicted octanol–water partition coefficient (Wildman–Crippen LogP) is 2.17. The minimum atomic E-state index is -0.893. The van der Waals surface area contributed by atoms with Crippen LogP contribution in [0.5, 0.6) is 0 Å². The highest BCUT2D eigenvalue weighted by Gasteiger charge is 2.25. The normalized spacial score (nSPS) is 17.7. The zero-order valence-corrected chi connectivity index (χ0v) is 14.0. The van der Waals surface area contributed by atoms with Gasteiger partial charge in [0.15, 0.2) is 0 Å². The predicted molar refractivity (Wildman–Crippen MR) is 89.6 cm³/mol. The van der Waals surface area contributed by atoms with Crippen LogP contribution in [0.2, 0.25) is 0 Å². The third-order valence-electron chi connectivity index (χ3n) is 4.24. The van der Waals surface area contributed by atoms with E-state index in [9.17, 15) is 9.59 Å². The third-order valence-corrected chi connectivity index (χ3v) is 4.24. The summed E-state index contributed by atoms with van der Waals surface area (Å²) in [6.07, 6.45) is 2.40. The smallest absolute Gasteiger partial charge is 0.307 e. The van der Waals surface area contributed by atoms with Crippen molar-refractivity contribution in [3.63, 3.8) is 0 Å². The van der Waals surface area contributed by atoms with Gasteiger partial charge < -0.3 is 15.3 Å². The summed E-state index contributed by atoms with van der Waals surface area (Å²) in [4.78, 5) is 25.3. The van der Waals surface area contributed by atoms with Crippen LogP contribution in [0.1, 0.15) is 42.6 Å². The van der Waals surface area contributed by atoms with Gasteiger partial charge in [-0.15, -0.1) is 0 Å². The first-order valence-corrected chi connectivity index (χ1v) is 8.17. The number of likely N-dealkylation sites (tertiary alicyclic amines) is 1. The van der Waals surface area contributed by atoms with Gasteiger partial charge >= 0.3 is 5.97 Å². The maximum atomic E-state index is 12.2. The van der Waals surface area contributed by atoms with Crippen LogP contribution in [0.15, 0.2) is 24.3 Å². The van der Waals surface area contributed by atoms with Gasteiger partial charge in [-0.1, -0.05) is 26.0 Å². The lowest BCUT2D eigenvalue weighted by Gasteiger charge is -2.38. The second kappa shape index (κ2) is 7.59. The van der Waals surface area contributed by atoms with Gasteiger partial charge in [0.05, 0.1) is 6.42 Å². The van der Waals surface area contributed by atoms with Crippen LogP contribution >= 0.6 is 0 Å². The zero-order valence-electron chi connectivity index (χ0n) is 14.0. The molecular formula is C18H26N2O3. The van der Waals surface area contributed by atoms with Crippen molar-refractivity contribution in [1.29, 1.82) is 0 Å². The molecule has 0 unspecified atom stereocenters. The molecule has 0 spiro atoms. The highest BCUT2D eigenvalue weighted by molar-refractivity contribution is 5.94. The van der Waals surface area contributed by atoms with Gasteiger partial charge in [0.25, 0.3) is 5.91 Å². The second-order valence-electron chi connectivity index (χ2n) is 7.07. The van der Waals surface area contributed by atoms with Gasteiger partial charge in [-0.05, 0) is 42.5 Å². The van der Waals surface area contributed by atoms with Crippen LogP contribution in [-0.2, 0) is 11.2 Å². The first kappa shape index (κ1) is 17.5. The average molecular weight is 318 g/mol. The minimum absolute atomic E-state index is 0.0655. The Kier molecular flexibility index (Phi) is 5.77. The number of hydrogen-bond acceptors (Lipinski definition) is 3. The molecule has 1 heterocycles. The Bertz CT molecular complexity index is 569. The number of nitrogens with one attached hydrogen (secondary N) is 1. The Labute approximate surface area is 137 Å². The monoisotopic (exact) mass is 318 g/mol. The van der Waals surface area contributed by atoms with Crippen molar-refractivity contribution < 1.29 is 14.7 Å². The summed E-state index contributed by atoms with van der Waals surface area (Å²) in [5.74, 6) is -1.04. The number of benzene rings is 1. The van der Waals surface area contributed by atoms with Crippen molar-refractivity contribution in [2.45, 2.75) is 33.1 Å². The second-order valence-corrected chi connectivity index (χ2v) is 7.07. The number of carboxylic acids is 1. The molecule has 1 fully saturated rings. The van der Waals surface area contributed by atoms with Crippen molar-refractivity contribution in [2.24, 2.45) is 5.41 Å². The molecule has 5 heteroatoms. The molecule has 2 rings (SSSR count). The quantitative estimate of drug-likeness (QED) is 0.843. The maximum absolute atomic E-state index is 12.2. The van der Waals surface area contributed by atoms with Crippen LogP contribution in [0, 0.1) is 5.41 Å². The van der Waals surface area contributed by atoms with Crippen molar-refractivity contribution in [3.8, 4) is 0 Å². The third kappa shape index (κ3) is 5.67. The van der Waals surface area contributed by atoms with E-state index in [1.165, 1.54) is 12.8 Å². The van der Waals surface area contributed by atoms with E-state index in [0.29, 0.717) is 23.1 Å². The van der Waals surface area contributed by atoms with E-state index in [1.807, 2.05) is 0 Å². The molecule has 1 aromatic carbocycles. The fourth-order valence-corrected chi connectivity index (χ4v) is 3.16. The highest BCUT2D eigenvalue weighted by Crippen LogP contribution is 2.27. The van der Waals surface area contributed by atoms with E-state index in [1.54, 1.807) is 24.3 Å². The fraction of sp³-hybridized carbons (Fsp3) is 0.556. The number of hydrogen-bond donors (Lipinski definition) is 2. The minimum Gasteiger partial charge on any atom is -0.481 e. The van der Waals surface area contributed by atoms with Gasteiger partial charge in [-0.2, -0.15) is 0 Å². The molecule has 0 aliphatic carbocycles. The Morgan fingerprint density at radius 3 is 2.83 bits per heavy atom. The molecule has 0 atom stereocenters. The number of aliphatic carboxylic acids is 1. The van der Waals surface area contributed by atoms with Crippen LogP contribution in [0.4, 0.5) is 0 Å². The molecular weight excluding hydrogens is 292 g/mol. The molecule has 1 aliphatic rings. The molecule has 1 aromatic rings. The van der Waals surface area contributed by atoms with Gasteiger partial charge in [0.1, 0.15) is 0 Å². The van der Waals surface area contributed by atoms with Crippen LogP contribution < -0.4 is 5.32 Å². The van der Waals surface area contributed by atoms with Crippen molar-refractivity contribution in [2.75, 3.05) is 26.2 Å². The topological polar surface area (TPSA) is 69.6 Å². The van der Waals surface area contributed by atoms with Crippen LogP contribution in [0.3, 0.4) is 0 Å². The maximum Gasteiger partial charge on any atom is 0.307 e. The largest absolute Gasteiger partial charge is 0.481 e. The van der Waals surface area contributed by atoms with Crippen molar-refractivity contribution >= 4 is 11.9 Å². The molecule has 5 nitrogen and oxygen atoms in total. The fourth-order valence-electron chi connectivity index (χ4n) is 3.16. The summed E-state index contributed by atoms with van der Waals surface area (Å²) in [7, 11) is 0. The lowest BCUT2D eigenvalue weighted by atomic mass is 9.84. The number of rotatable bonds is 6. The molecule has 0 radical (unpaired) electrons. The van der Waals surface area contributed by atoms with Crippen LogP contribution in [0.25, 0.3) is 0 Å². The average Bonchev–Trinajstić information content (AvgIpc) is 2.45. The number of nitrogens with zero attached hydrogens (tertiary/aromatic N) is 1. The van der Waals surface area contributed by atoms with Gasteiger partial charge in [0, 0.05) is 25.2 Å². The lowest BCUT2D eigenvalue weighted by Crippen LogP contribution is -2.43. The SMILES string of the molecule is CC1(C)CCCN(CCNC(=O)c2cccc(CC(=O)O)c2)C1. The van der Waals surface area contributed by atoms with Gasteiger partial charge in [0.2, 0.25) is 0 Å². The van der Waals surface area contributed by atoms with Crippen molar-refractivity contribution in [3.05, 3.63) is 35.4 Å². The van der Waals surface area contributed by atoms with E-state index in [4.69, 9.17) is 5.11 Å². The number of amides is 1. The molecule has 0 saturated carbocycles. The Hall–Kier alpha value is -1.88. The molecule has 1 aliphatic heterocycles. The van der Waals surface area contributed by atoms with E-state index in [0.717, 1.165) is 19.6 Å². The number of carbonyl (C=O) groups excluding carboxylic acids is 1. The van der Waals surface area contributed by atoms with Gasteiger partial charge in [-0.25, -0.2) is 0 Å².